The van der Waals surface area contributed by atoms with Crippen molar-refractivity contribution in [1.82, 2.24) is 0 Å². The van der Waals surface area contributed by atoms with Gasteiger partial charge in [0, 0.05) is 10.0 Å². The number of halogens is 1. The van der Waals surface area contributed by atoms with Gasteiger partial charge in [0.05, 0.1) is 33.5 Å². The fourth-order valence-electron chi connectivity index (χ4n) is 2.14. The number of hydrogen-bond acceptors (Lipinski definition) is 4. The smallest absolute Gasteiger partial charge is 0.165 e. The maximum Gasteiger partial charge on any atom is 0.165 e. The van der Waals surface area contributed by atoms with Crippen LogP contribution in [0.2, 0.25) is 0 Å². The summed E-state index contributed by atoms with van der Waals surface area (Å²) in [5.41, 5.74) is 8.26. The van der Waals surface area contributed by atoms with Crippen LogP contribution in [-0.2, 0) is 11.2 Å². The maximum absolute atomic E-state index is 6.13. The second-order valence-electron chi connectivity index (χ2n) is 3.92. The standard InChI is InChI=1S/C12H16BrNO3/c1-15-10-5-8(13)7-3-4-17-6-9(14)11(7)12(10)16-2/h5,9H,3-4,6,14H2,1-2H3. The molecule has 0 aromatic heterocycles. The van der Waals surface area contributed by atoms with Crippen LogP contribution in [0.3, 0.4) is 0 Å². The summed E-state index contributed by atoms with van der Waals surface area (Å²) in [6.45, 7) is 1.18. The van der Waals surface area contributed by atoms with Gasteiger partial charge in [0.2, 0.25) is 0 Å². The average Bonchev–Trinajstić information content (AvgIpc) is 2.52. The van der Waals surface area contributed by atoms with Crippen LogP contribution in [0.5, 0.6) is 11.5 Å². The molecular formula is C12H16BrNO3. The van der Waals surface area contributed by atoms with Crippen LogP contribution in [0, 0.1) is 0 Å². The molecule has 0 aliphatic carbocycles. The first kappa shape index (κ1) is 12.7. The SMILES string of the molecule is COc1cc(Br)c2c(c1OC)C(N)COCC2. The summed E-state index contributed by atoms with van der Waals surface area (Å²) in [5.74, 6) is 1.40. The lowest BCUT2D eigenvalue weighted by Crippen LogP contribution is -2.17. The van der Waals surface area contributed by atoms with E-state index >= 15 is 0 Å². The first-order valence-electron chi connectivity index (χ1n) is 5.45. The molecule has 0 bridgehead atoms. The van der Waals surface area contributed by atoms with Crippen molar-refractivity contribution in [1.29, 1.82) is 0 Å². The molecule has 2 N–H and O–H groups in total. The Bertz CT molecular complexity index is 423. The molecule has 2 rings (SSSR count). The molecular weight excluding hydrogens is 286 g/mol. The monoisotopic (exact) mass is 301 g/mol. The second-order valence-corrected chi connectivity index (χ2v) is 4.77. The Morgan fingerprint density at radius 3 is 2.82 bits per heavy atom. The summed E-state index contributed by atoms with van der Waals surface area (Å²) in [6, 6.07) is 1.73. The highest BCUT2D eigenvalue weighted by Crippen LogP contribution is 2.42. The molecule has 1 unspecified atom stereocenters. The van der Waals surface area contributed by atoms with Crippen molar-refractivity contribution in [3.63, 3.8) is 0 Å². The molecule has 0 radical (unpaired) electrons. The van der Waals surface area contributed by atoms with E-state index in [0.29, 0.717) is 24.7 Å². The molecule has 0 amide bonds. The molecule has 1 aliphatic rings. The Hall–Kier alpha value is -0.780. The molecule has 0 fully saturated rings. The third kappa shape index (κ3) is 2.27. The minimum atomic E-state index is -0.186. The topological polar surface area (TPSA) is 53.7 Å². The van der Waals surface area contributed by atoms with Crippen molar-refractivity contribution >= 4 is 15.9 Å². The summed E-state index contributed by atoms with van der Waals surface area (Å²) < 4.78 is 17.2. The van der Waals surface area contributed by atoms with E-state index in [-0.39, 0.29) is 6.04 Å². The molecule has 5 heteroatoms. The van der Waals surface area contributed by atoms with Gasteiger partial charge in [-0.2, -0.15) is 0 Å². The molecule has 1 atom stereocenters. The van der Waals surface area contributed by atoms with Gasteiger partial charge in [-0.25, -0.2) is 0 Å². The van der Waals surface area contributed by atoms with Crippen molar-refractivity contribution in [3.8, 4) is 11.5 Å². The van der Waals surface area contributed by atoms with E-state index in [2.05, 4.69) is 15.9 Å². The van der Waals surface area contributed by atoms with Crippen LogP contribution in [-0.4, -0.2) is 27.4 Å². The summed E-state index contributed by atoms with van der Waals surface area (Å²) >= 11 is 3.55. The average molecular weight is 302 g/mol. The normalized spacial score (nSPS) is 19.4. The van der Waals surface area contributed by atoms with E-state index in [1.54, 1.807) is 14.2 Å². The molecule has 1 aromatic rings. The van der Waals surface area contributed by atoms with Crippen LogP contribution < -0.4 is 15.2 Å². The fraction of sp³-hybridized carbons (Fsp3) is 0.500. The maximum atomic E-state index is 6.13. The van der Waals surface area contributed by atoms with Gasteiger partial charge in [-0.3, -0.25) is 0 Å². The largest absolute Gasteiger partial charge is 0.493 e. The predicted molar refractivity (Wildman–Crippen MR) is 68.7 cm³/mol. The van der Waals surface area contributed by atoms with Crippen LogP contribution in [0.15, 0.2) is 10.5 Å². The molecule has 0 saturated heterocycles. The molecule has 4 nitrogen and oxygen atoms in total. The van der Waals surface area contributed by atoms with Gasteiger partial charge in [0.1, 0.15) is 0 Å². The predicted octanol–water partition coefficient (Wildman–Crippen LogP) is 2.04. The number of nitrogens with two attached hydrogens (primary N) is 1. The minimum Gasteiger partial charge on any atom is -0.493 e. The van der Waals surface area contributed by atoms with Crippen molar-refractivity contribution in [2.45, 2.75) is 12.5 Å². The number of rotatable bonds is 2. The third-order valence-corrected chi connectivity index (χ3v) is 3.64. The van der Waals surface area contributed by atoms with Gasteiger partial charge < -0.3 is 19.9 Å². The van der Waals surface area contributed by atoms with Gasteiger partial charge in [-0.1, -0.05) is 15.9 Å². The van der Waals surface area contributed by atoms with Crippen molar-refractivity contribution in [2.24, 2.45) is 5.73 Å². The summed E-state index contributed by atoms with van der Waals surface area (Å²) in [6.07, 6.45) is 0.823. The fourth-order valence-corrected chi connectivity index (χ4v) is 2.76. The lowest BCUT2D eigenvalue weighted by molar-refractivity contribution is 0.130. The number of hydrogen-bond donors (Lipinski definition) is 1. The van der Waals surface area contributed by atoms with Crippen LogP contribution in [0.1, 0.15) is 17.2 Å². The molecule has 0 saturated carbocycles. The zero-order valence-corrected chi connectivity index (χ0v) is 11.5. The second kappa shape index (κ2) is 5.25. The number of benzene rings is 1. The highest BCUT2D eigenvalue weighted by molar-refractivity contribution is 9.10. The van der Waals surface area contributed by atoms with E-state index in [1.165, 1.54) is 0 Å². The molecule has 1 aliphatic heterocycles. The molecule has 0 spiro atoms. The van der Waals surface area contributed by atoms with Gasteiger partial charge in [0.15, 0.2) is 11.5 Å². The van der Waals surface area contributed by atoms with Crippen molar-refractivity contribution in [3.05, 3.63) is 21.7 Å². The Balaban J connectivity index is 2.64. The first-order valence-corrected chi connectivity index (χ1v) is 6.25. The van der Waals surface area contributed by atoms with E-state index in [4.69, 9.17) is 19.9 Å². The Labute approximate surface area is 109 Å². The van der Waals surface area contributed by atoms with Gasteiger partial charge >= 0.3 is 0 Å². The van der Waals surface area contributed by atoms with Gasteiger partial charge in [0.25, 0.3) is 0 Å². The Morgan fingerprint density at radius 1 is 1.41 bits per heavy atom. The lowest BCUT2D eigenvalue weighted by Gasteiger charge is -2.20. The molecule has 1 heterocycles. The highest BCUT2D eigenvalue weighted by Gasteiger charge is 2.25. The van der Waals surface area contributed by atoms with E-state index in [9.17, 15) is 0 Å². The Morgan fingerprint density at radius 2 is 2.18 bits per heavy atom. The zero-order valence-electron chi connectivity index (χ0n) is 9.96. The quantitative estimate of drug-likeness (QED) is 0.908. The van der Waals surface area contributed by atoms with E-state index in [0.717, 1.165) is 22.0 Å². The Kier molecular flexibility index (Phi) is 3.91. The first-order chi connectivity index (χ1) is 8.19. The highest BCUT2D eigenvalue weighted by atomic mass is 79.9. The summed E-state index contributed by atoms with van der Waals surface area (Å²) in [4.78, 5) is 0. The lowest BCUT2D eigenvalue weighted by atomic mass is 9.98. The van der Waals surface area contributed by atoms with E-state index < -0.39 is 0 Å². The molecule has 94 valence electrons. The number of methoxy groups -OCH3 is 2. The van der Waals surface area contributed by atoms with Crippen LogP contribution in [0.25, 0.3) is 0 Å². The van der Waals surface area contributed by atoms with Gasteiger partial charge in [-0.15, -0.1) is 0 Å². The molecule has 17 heavy (non-hydrogen) atoms. The van der Waals surface area contributed by atoms with Crippen molar-refractivity contribution in [2.75, 3.05) is 27.4 Å². The zero-order chi connectivity index (χ0) is 12.4. The van der Waals surface area contributed by atoms with Crippen LogP contribution in [0.4, 0.5) is 0 Å². The number of fused-ring (bicyclic) bond motifs is 1. The minimum absolute atomic E-state index is 0.186. The number of ether oxygens (including phenoxy) is 3. The van der Waals surface area contributed by atoms with Crippen LogP contribution >= 0.6 is 15.9 Å². The third-order valence-electron chi connectivity index (χ3n) is 2.93. The van der Waals surface area contributed by atoms with E-state index in [1.807, 2.05) is 6.07 Å². The molecule has 1 aromatic carbocycles. The van der Waals surface area contributed by atoms with Gasteiger partial charge in [-0.05, 0) is 18.1 Å². The van der Waals surface area contributed by atoms with Crippen molar-refractivity contribution < 1.29 is 14.2 Å². The summed E-state index contributed by atoms with van der Waals surface area (Å²) in [7, 11) is 3.25. The summed E-state index contributed by atoms with van der Waals surface area (Å²) in [5, 5.41) is 0.